The number of Topliss-reactive ketones (excluding diaryl/α,β-unsaturated/α-hetero) is 1. The molecule has 0 atom stereocenters. The highest BCUT2D eigenvalue weighted by Crippen LogP contribution is 2.42. The Labute approximate surface area is 215 Å². The van der Waals surface area contributed by atoms with Crippen LogP contribution in [-0.4, -0.2) is 47.1 Å². The van der Waals surface area contributed by atoms with Crippen molar-refractivity contribution in [3.63, 3.8) is 0 Å². The van der Waals surface area contributed by atoms with Gasteiger partial charge in [0.2, 0.25) is 5.91 Å². The number of rotatable bonds is 7. The van der Waals surface area contributed by atoms with Gasteiger partial charge in [0, 0.05) is 17.5 Å². The van der Waals surface area contributed by atoms with Gasteiger partial charge in [0.05, 0.1) is 29.1 Å². The minimum Gasteiger partial charge on any atom is -0.390 e. The second kappa shape index (κ2) is 8.45. The van der Waals surface area contributed by atoms with E-state index >= 15 is 0 Å². The molecule has 2 N–H and O–H groups in total. The number of ketones is 1. The number of fused-ring (bicyclic) bond motifs is 2. The summed E-state index contributed by atoms with van der Waals surface area (Å²) in [5.74, 6) is -1.54. The van der Waals surface area contributed by atoms with Gasteiger partial charge >= 0.3 is 0 Å². The fourth-order valence-electron chi connectivity index (χ4n) is 4.78. The monoisotopic (exact) mass is 518 g/mol. The van der Waals surface area contributed by atoms with Gasteiger partial charge in [-0.2, -0.15) is 5.10 Å². The van der Waals surface area contributed by atoms with Crippen LogP contribution in [0.25, 0.3) is 22.6 Å². The van der Waals surface area contributed by atoms with E-state index in [0.29, 0.717) is 24.0 Å². The number of amides is 1. The number of hydrogen-bond donors (Lipinski definition) is 2. The lowest BCUT2D eigenvalue weighted by Crippen LogP contribution is -2.29. The van der Waals surface area contributed by atoms with E-state index in [1.54, 1.807) is 32.0 Å². The van der Waals surface area contributed by atoms with Crippen LogP contribution in [0.2, 0.25) is 0 Å². The summed E-state index contributed by atoms with van der Waals surface area (Å²) >= 11 is 0. The maximum absolute atomic E-state index is 14.4. The van der Waals surface area contributed by atoms with Crippen LogP contribution in [0.3, 0.4) is 0 Å². The predicted octanol–water partition coefficient (Wildman–Crippen LogP) is 3.93. The molecule has 0 bridgehead atoms. The Kier molecular flexibility index (Phi) is 5.39. The molecular weight excluding hydrogens is 494 g/mol. The van der Waals surface area contributed by atoms with Crippen molar-refractivity contribution in [3.05, 3.63) is 65.0 Å². The molecule has 3 aromatic heterocycles. The highest BCUT2D eigenvalue weighted by atomic mass is 19.1. The first kappa shape index (κ1) is 24.2. The van der Waals surface area contributed by atoms with E-state index < -0.39 is 22.7 Å². The summed E-state index contributed by atoms with van der Waals surface area (Å²) in [4.78, 5) is 39.4. The maximum Gasteiger partial charge on any atom is 0.235 e. The molecule has 1 aliphatic heterocycles. The number of aromatic nitrogens is 5. The number of benzene rings is 1. The summed E-state index contributed by atoms with van der Waals surface area (Å²) in [6.07, 6.45) is 2.65. The lowest BCUT2D eigenvalue weighted by Gasteiger charge is -2.18. The van der Waals surface area contributed by atoms with Crippen LogP contribution in [0.1, 0.15) is 61.1 Å². The first-order chi connectivity index (χ1) is 18.1. The Hall–Kier alpha value is -4.12. The summed E-state index contributed by atoms with van der Waals surface area (Å²) in [5.41, 5.74) is -0.690. The average Bonchev–Trinajstić information content (AvgIpc) is 3.44. The van der Waals surface area contributed by atoms with Crippen molar-refractivity contribution in [1.29, 1.82) is 0 Å². The molecule has 1 aliphatic carbocycles. The van der Waals surface area contributed by atoms with E-state index in [-0.39, 0.29) is 65.1 Å². The number of carbonyl (C=O) groups is 2. The maximum atomic E-state index is 14.4. The van der Waals surface area contributed by atoms with E-state index in [4.69, 9.17) is 0 Å². The molecule has 4 aromatic rings. The van der Waals surface area contributed by atoms with Gasteiger partial charge in [-0.1, -0.05) is 18.2 Å². The average molecular weight is 519 g/mol. The molecule has 0 radical (unpaired) electrons. The molecule has 9 nitrogen and oxygen atoms in total. The summed E-state index contributed by atoms with van der Waals surface area (Å²) in [6.45, 7) is 3.38. The van der Waals surface area contributed by atoms with Crippen molar-refractivity contribution in [1.82, 2.24) is 24.7 Å². The Bertz CT molecular complexity index is 1640. The van der Waals surface area contributed by atoms with Crippen molar-refractivity contribution in [2.45, 2.75) is 57.1 Å². The molecule has 1 amide bonds. The molecule has 6 rings (SSSR count). The fraction of sp³-hybridized carbons (Fsp3) is 0.333. The summed E-state index contributed by atoms with van der Waals surface area (Å²) in [5, 5.41) is 17.8. The van der Waals surface area contributed by atoms with Crippen molar-refractivity contribution < 1.29 is 23.5 Å². The number of anilines is 1. The van der Waals surface area contributed by atoms with Crippen molar-refractivity contribution in [3.8, 4) is 11.5 Å². The summed E-state index contributed by atoms with van der Waals surface area (Å²) in [6, 6.07) is 7.45. The molecule has 0 unspecified atom stereocenters. The zero-order valence-corrected chi connectivity index (χ0v) is 20.8. The molecule has 0 saturated heterocycles. The Morgan fingerprint density at radius 2 is 1.95 bits per heavy atom. The summed E-state index contributed by atoms with van der Waals surface area (Å²) in [7, 11) is 0. The van der Waals surface area contributed by atoms with Gasteiger partial charge in [0.1, 0.15) is 28.8 Å². The van der Waals surface area contributed by atoms with Crippen LogP contribution in [0.5, 0.6) is 0 Å². The number of nitrogens with zero attached hydrogens (tertiary/aromatic N) is 5. The topological polar surface area (TPSA) is 123 Å². The van der Waals surface area contributed by atoms with Gasteiger partial charge in [-0.3, -0.25) is 9.59 Å². The van der Waals surface area contributed by atoms with E-state index in [9.17, 15) is 23.5 Å². The molecule has 1 saturated carbocycles. The van der Waals surface area contributed by atoms with E-state index in [2.05, 4.69) is 25.4 Å². The quantitative estimate of drug-likeness (QED) is 0.355. The largest absolute Gasteiger partial charge is 0.390 e. The highest BCUT2D eigenvalue weighted by molar-refractivity contribution is 6.09. The minimum atomic E-state index is -1.06. The SMILES string of the molecule is CC1(C)C(=O)Nc2nc(-c3nn(Cc4ccccc4F)c4ncc(F)cc34)nc(C(=O)CCC3(O)CC3)c21. The minimum absolute atomic E-state index is 0.0000766. The normalized spacial score (nSPS) is 16.9. The van der Waals surface area contributed by atoms with Crippen LogP contribution < -0.4 is 5.32 Å². The van der Waals surface area contributed by atoms with Gasteiger partial charge in [0.25, 0.3) is 0 Å². The van der Waals surface area contributed by atoms with Crippen LogP contribution >= 0.6 is 0 Å². The lowest BCUT2D eigenvalue weighted by atomic mass is 9.84. The van der Waals surface area contributed by atoms with Crippen LogP contribution in [0, 0.1) is 11.6 Å². The molecule has 38 heavy (non-hydrogen) atoms. The Morgan fingerprint density at radius 3 is 2.68 bits per heavy atom. The van der Waals surface area contributed by atoms with Crippen molar-refractivity contribution in [2.75, 3.05) is 5.32 Å². The van der Waals surface area contributed by atoms with Gasteiger partial charge in [0.15, 0.2) is 17.3 Å². The van der Waals surface area contributed by atoms with E-state index in [0.717, 1.165) is 6.20 Å². The number of nitrogens with one attached hydrogen (secondary N) is 1. The van der Waals surface area contributed by atoms with Gasteiger partial charge < -0.3 is 10.4 Å². The number of halogens is 2. The molecule has 4 heterocycles. The molecule has 1 fully saturated rings. The third-order valence-electron chi connectivity index (χ3n) is 7.29. The second-order valence-electron chi connectivity index (χ2n) is 10.5. The Morgan fingerprint density at radius 1 is 1.18 bits per heavy atom. The Balaban J connectivity index is 1.50. The number of carbonyl (C=O) groups excluding carboxylic acids is 2. The van der Waals surface area contributed by atoms with E-state index in [1.165, 1.54) is 16.8 Å². The smallest absolute Gasteiger partial charge is 0.235 e. The number of aliphatic hydroxyl groups is 1. The number of pyridine rings is 1. The molecule has 2 aliphatic rings. The van der Waals surface area contributed by atoms with Crippen LogP contribution in [0.4, 0.5) is 14.6 Å². The summed E-state index contributed by atoms with van der Waals surface area (Å²) < 4.78 is 30.1. The molecular formula is C27H24F2N6O3. The number of hydrogen-bond acceptors (Lipinski definition) is 7. The van der Waals surface area contributed by atoms with Gasteiger partial charge in [-0.25, -0.2) is 28.4 Å². The van der Waals surface area contributed by atoms with Crippen LogP contribution in [0.15, 0.2) is 36.5 Å². The lowest BCUT2D eigenvalue weighted by molar-refractivity contribution is -0.119. The predicted molar refractivity (Wildman–Crippen MR) is 133 cm³/mol. The first-order valence-electron chi connectivity index (χ1n) is 12.3. The van der Waals surface area contributed by atoms with Crippen LogP contribution in [-0.2, 0) is 16.8 Å². The molecule has 1 aromatic carbocycles. The standard InChI is InChI=1S/C27H24F2N6O3/c1-26(2)19-21(18(36)7-8-27(38)9-10-27)31-23(32-22(19)33-25(26)37)20-16-11-15(28)12-30-24(16)35(34-20)13-14-5-3-4-6-17(14)29/h3-6,11-12,38H,7-10,13H2,1-2H3,(H,31,32,33,37). The fourth-order valence-corrected chi connectivity index (χ4v) is 4.78. The first-order valence-corrected chi connectivity index (χ1v) is 12.3. The van der Waals surface area contributed by atoms with Gasteiger partial charge in [-0.05, 0) is 45.2 Å². The highest BCUT2D eigenvalue weighted by Gasteiger charge is 2.45. The third kappa shape index (κ3) is 4.03. The molecule has 194 valence electrons. The third-order valence-corrected chi connectivity index (χ3v) is 7.29. The zero-order chi connectivity index (χ0) is 26.8. The molecule has 11 heteroatoms. The second-order valence-corrected chi connectivity index (χ2v) is 10.5. The van der Waals surface area contributed by atoms with E-state index in [1.807, 2.05) is 0 Å². The van der Waals surface area contributed by atoms with Gasteiger partial charge in [-0.15, -0.1) is 0 Å². The van der Waals surface area contributed by atoms with Crippen molar-refractivity contribution in [2.24, 2.45) is 0 Å². The zero-order valence-electron chi connectivity index (χ0n) is 20.8. The van der Waals surface area contributed by atoms with Crippen molar-refractivity contribution >= 4 is 28.5 Å². The molecule has 0 spiro atoms.